The Bertz CT molecular complexity index is 341. The van der Waals surface area contributed by atoms with Crippen LogP contribution in [0, 0.1) is 0 Å². The van der Waals surface area contributed by atoms with E-state index in [1.165, 1.54) is 11.3 Å². The highest BCUT2D eigenvalue weighted by molar-refractivity contribution is 9.11. The summed E-state index contributed by atoms with van der Waals surface area (Å²) in [6.07, 6.45) is 0.787. The number of thiophene rings is 1. The highest BCUT2D eigenvalue weighted by Gasteiger charge is 2.12. The molecular weight excluding hydrogens is 280 g/mol. The van der Waals surface area contributed by atoms with Gasteiger partial charge in [0.2, 0.25) is 0 Å². The van der Waals surface area contributed by atoms with E-state index in [-0.39, 0.29) is 5.91 Å². The first-order valence-corrected chi connectivity index (χ1v) is 6.11. The zero-order chi connectivity index (χ0) is 11.3. The van der Waals surface area contributed by atoms with Crippen molar-refractivity contribution in [2.45, 2.75) is 6.42 Å². The van der Waals surface area contributed by atoms with Gasteiger partial charge in [-0.25, -0.2) is 0 Å². The van der Waals surface area contributed by atoms with Crippen molar-refractivity contribution in [3.05, 3.63) is 14.7 Å². The van der Waals surface area contributed by atoms with Crippen LogP contribution in [0.15, 0.2) is 9.85 Å². The number of ether oxygens (including phenoxy) is 1. The highest BCUT2D eigenvalue weighted by Crippen LogP contribution is 2.34. The summed E-state index contributed by atoms with van der Waals surface area (Å²) >= 11 is 4.67. The second-order valence-corrected chi connectivity index (χ2v) is 5.22. The van der Waals surface area contributed by atoms with E-state index in [0.717, 1.165) is 10.2 Å². The Balaban J connectivity index is 2.58. The molecule has 0 aliphatic heterocycles. The minimum atomic E-state index is -0.0857. The molecule has 1 aromatic rings. The lowest BCUT2D eigenvalue weighted by atomic mass is 10.4. The summed E-state index contributed by atoms with van der Waals surface area (Å²) in [4.78, 5) is 12.2. The predicted octanol–water partition coefficient (Wildman–Crippen LogP) is 1.60. The van der Waals surface area contributed by atoms with E-state index in [9.17, 15) is 4.79 Å². The van der Waals surface area contributed by atoms with Crippen molar-refractivity contribution in [1.82, 2.24) is 5.32 Å². The van der Waals surface area contributed by atoms with Gasteiger partial charge in [-0.2, -0.15) is 0 Å². The van der Waals surface area contributed by atoms with Crippen molar-refractivity contribution >= 4 is 33.2 Å². The molecule has 0 aromatic carbocycles. The van der Waals surface area contributed by atoms with E-state index in [0.29, 0.717) is 23.7 Å². The largest absolute Gasteiger partial charge is 0.495 e. The average molecular weight is 293 g/mol. The van der Waals surface area contributed by atoms with Gasteiger partial charge in [-0.05, 0) is 28.9 Å². The Morgan fingerprint density at radius 2 is 2.47 bits per heavy atom. The summed E-state index contributed by atoms with van der Waals surface area (Å²) in [5.41, 5.74) is 5.33. The molecule has 1 amide bonds. The van der Waals surface area contributed by atoms with Gasteiger partial charge in [-0.1, -0.05) is 0 Å². The molecule has 0 radical (unpaired) electrons. The van der Waals surface area contributed by atoms with E-state index in [1.54, 1.807) is 13.2 Å². The molecule has 0 atom stereocenters. The molecule has 0 spiro atoms. The summed E-state index contributed by atoms with van der Waals surface area (Å²) < 4.78 is 5.89. The number of rotatable bonds is 5. The monoisotopic (exact) mass is 292 g/mol. The lowest BCUT2D eigenvalue weighted by molar-refractivity contribution is 0.0957. The summed E-state index contributed by atoms with van der Waals surface area (Å²) in [5, 5.41) is 2.78. The van der Waals surface area contributed by atoms with Crippen LogP contribution < -0.4 is 15.8 Å². The van der Waals surface area contributed by atoms with Crippen LogP contribution in [0.3, 0.4) is 0 Å². The van der Waals surface area contributed by atoms with Gasteiger partial charge in [-0.15, -0.1) is 11.3 Å². The van der Waals surface area contributed by atoms with Crippen LogP contribution in [0.5, 0.6) is 5.75 Å². The van der Waals surface area contributed by atoms with Gasteiger partial charge in [0.1, 0.15) is 9.54 Å². The number of carbonyl (C=O) groups excluding carboxylic acids is 1. The smallest absolute Gasteiger partial charge is 0.261 e. The number of methoxy groups -OCH3 is 1. The molecule has 1 aromatic heterocycles. The van der Waals surface area contributed by atoms with Crippen molar-refractivity contribution < 1.29 is 9.53 Å². The first kappa shape index (κ1) is 12.5. The summed E-state index contributed by atoms with van der Waals surface area (Å²) in [5.74, 6) is 0.599. The van der Waals surface area contributed by atoms with Crippen LogP contribution in [0.25, 0.3) is 0 Å². The van der Waals surface area contributed by atoms with Gasteiger partial charge in [-0.3, -0.25) is 4.79 Å². The van der Waals surface area contributed by atoms with Gasteiger partial charge in [0.15, 0.2) is 0 Å². The Hall–Kier alpha value is -0.590. The number of nitrogens with one attached hydrogen (secondary N) is 1. The molecule has 0 aliphatic rings. The Morgan fingerprint density at radius 3 is 3.00 bits per heavy atom. The SMILES string of the molecule is COc1cc(C(=O)NCCCN)sc1Br. The van der Waals surface area contributed by atoms with Crippen molar-refractivity contribution in [3.63, 3.8) is 0 Å². The van der Waals surface area contributed by atoms with E-state index in [4.69, 9.17) is 10.5 Å². The van der Waals surface area contributed by atoms with E-state index in [2.05, 4.69) is 21.2 Å². The molecule has 0 aliphatic carbocycles. The van der Waals surface area contributed by atoms with Crippen LogP contribution in [0.2, 0.25) is 0 Å². The second kappa shape index (κ2) is 6.09. The van der Waals surface area contributed by atoms with E-state index >= 15 is 0 Å². The van der Waals surface area contributed by atoms with Crippen LogP contribution in [-0.2, 0) is 0 Å². The minimum Gasteiger partial charge on any atom is -0.495 e. The number of hydrogen-bond acceptors (Lipinski definition) is 4. The maximum Gasteiger partial charge on any atom is 0.261 e. The van der Waals surface area contributed by atoms with Crippen LogP contribution in [0.4, 0.5) is 0 Å². The molecule has 0 unspecified atom stereocenters. The molecule has 1 heterocycles. The zero-order valence-electron chi connectivity index (χ0n) is 8.38. The number of amides is 1. The van der Waals surface area contributed by atoms with Gasteiger partial charge in [0.25, 0.3) is 5.91 Å². The van der Waals surface area contributed by atoms with Gasteiger partial charge in [0.05, 0.1) is 12.0 Å². The fourth-order valence-corrected chi connectivity index (χ4v) is 2.56. The third kappa shape index (κ3) is 3.48. The quantitative estimate of drug-likeness (QED) is 0.810. The number of carbonyl (C=O) groups is 1. The second-order valence-electron chi connectivity index (χ2n) is 2.85. The molecule has 0 fully saturated rings. The lowest BCUT2D eigenvalue weighted by Crippen LogP contribution is -2.25. The van der Waals surface area contributed by atoms with Crippen molar-refractivity contribution in [1.29, 1.82) is 0 Å². The Kier molecular flexibility index (Phi) is 5.07. The minimum absolute atomic E-state index is 0.0857. The Morgan fingerprint density at radius 1 is 1.73 bits per heavy atom. The Labute approximate surface area is 101 Å². The molecular formula is C9H13BrN2O2S. The van der Waals surface area contributed by atoms with Crippen LogP contribution in [0.1, 0.15) is 16.1 Å². The maximum absolute atomic E-state index is 11.6. The molecule has 0 saturated carbocycles. The summed E-state index contributed by atoms with van der Waals surface area (Å²) in [6, 6.07) is 1.71. The standard InChI is InChI=1S/C9H13BrN2O2S/c1-14-6-5-7(15-8(6)10)9(13)12-4-2-3-11/h5H,2-4,11H2,1H3,(H,12,13). The van der Waals surface area contributed by atoms with Crippen LogP contribution in [-0.4, -0.2) is 26.1 Å². The summed E-state index contributed by atoms with van der Waals surface area (Å²) in [6.45, 7) is 1.19. The number of hydrogen-bond donors (Lipinski definition) is 2. The normalized spacial score (nSPS) is 10.1. The van der Waals surface area contributed by atoms with E-state index in [1.807, 2.05) is 0 Å². The average Bonchev–Trinajstić information content (AvgIpc) is 2.60. The lowest BCUT2D eigenvalue weighted by Gasteiger charge is -2.00. The number of halogens is 1. The third-order valence-corrected chi connectivity index (χ3v) is 3.55. The van der Waals surface area contributed by atoms with Crippen LogP contribution >= 0.6 is 27.3 Å². The van der Waals surface area contributed by atoms with Gasteiger partial charge in [0, 0.05) is 12.6 Å². The number of nitrogens with two attached hydrogens (primary N) is 1. The fourth-order valence-electron chi connectivity index (χ4n) is 0.994. The molecule has 0 saturated heterocycles. The van der Waals surface area contributed by atoms with Gasteiger partial charge < -0.3 is 15.8 Å². The van der Waals surface area contributed by atoms with E-state index < -0.39 is 0 Å². The van der Waals surface area contributed by atoms with Gasteiger partial charge >= 0.3 is 0 Å². The van der Waals surface area contributed by atoms with Crippen molar-refractivity contribution in [2.75, 3.05) is 20.2 Å². The molecule has 1 rings (SSSR count). The molecule has 15 heavy (non-hydrogen) atoms. The molecule has 3 N–H and O–H groups in total. The third-order valence-electron chi connectivity index (χ3n) is 1.77. The topological polar surface area (TPSA) is 64.3 Å². The molecule has 84 valence electrons. The highest BCUT2D eigenvalue weighted by atomic mass is 79.9. The summed E-state index contributed by atoms with van der Waals surface area (Å²) in [7, 11) is 1.57. The molecule has 0 bridgehead atoms. The molecule has 4 nitrogen and oxygen atoms in total. The van der Waals surface area contributed by atoms with Crippen molar-refractivity contribution in [2.24, 2.45) is 5.73 Å². The predicted molar refractivity (Wildman–Crippen MR) is 64.6 cm³/mol. The fraction of sp³-hybridized carbons (Fsp3) is 0.444. The van der Waals surface area contributed by atoms with Crippen molar-refractivity contribution in [3.8, 4) is 5.75 Å². The first-order valence-electron chi connectivity index (χ1n) is 4.50. The maximum atomic E-state index is 11.6. The zero-order valence-corrected chi connectivity index (χ0v) is 10.8. The first-order chi connectivity index (χ1) is 7.19. The molecule has 6 heteroatoms.